The molecule has 230 valence electrons. The van der Waals surface area contributed by atoms with E-state index in [0.717, 1.165) is 71.2 Å². The number of pyridine rings is 4. The van der Waals surface area contributed by atoms with Crippen LogP contribution >= 0.6 is 0 Å². The van der Waals surface area contributed by atoms with Crippen molar-refractivity contribution in [1.82, 2.24) is 29.9 Å². The molecule has 46 heavy (non-hydrogen) atoms. The topological polar surface area (TPSA) is 77.3 Å². The van der Waals surface area contributed by atoms with E-state index in [1.807, 2.05) is 97.7 Å². The highest BCUT2D eigenvalue weighted by Gasteiger charge is 2.09. The number of nitrogens with zero attached hydrogens (tertiary/aromatic N) is 6. The summed E-state index contributed by atoms with van der Waals surface area (Å²) in [6.45, 7) is 8.50. The monoisotopic (exact) mass is 604 g/mol. The molecule has 5 heterocycles. The van der Waals surface area contributed by atoms with E-state index in [2.05, 4.69) is 71.9 Å². The zero-order valence-corrected chi connectivity index (χ0v) is 27.1. The van der Waals surface area contributed by atoms with Gasteiger partial charge in [0, 0.05) is 24.8 Å². The van der Waals surface area contributed by atoms with E-state index in [0.29, 0.717) is 0 Å². The van der Waals surface area contributed by atoms with Crippen LogP contribution in [0.15, 0.2) is 73.3 Å². The van der Waals surface area contributed by atoms with Crippen molar-refractivity contribution in [3.8, 4) is 0 Å². The molecule has 0 fully saturated rings. The normalized spacial score (nSPS) is 11.9. The van der Waals surface area contributed by atoms with E-state index in [1.54, 1.807) is 0 Å². The second-order valence-electron chi connectivity index (χ2n) is 10.9. The number of hydrogen-bond acceptors (Lipinski definition) is 6. The lowest BCUT2D eigenvalue weighted by Crippen LogP contribution is -2.00. The van der Waals surface area contributed by atoms with Gasteiger partial charge in [0.25, 0.3) is 0 Å². The zero-order valence-electron chi connectivity index (χ0n) is 27.1. The molecule has 0 aliphatic heterocycles. The van der Waals surface area contributed by atoms with Gasteiger partial charge < -0.3 is 0 Å². The molecule has 0 aliphatic carbocycles. The second kappa shape index (κ2) is 16.1. The van der Waals surface area contributed by atoms with Crippen molar-refractivity contribution in [1.29, 1.82) is 0 Å². The Balaban J connectivity index is 1.58. The van der Waals surface area contributed by atoms with Gasteiger partial charge in [-0.2, -0.15) is 0 Å². The smallest absolute Gasteiger partial charge is 0.0895 e. The molecule has 5 aromatic heterocycles. The lowest BCUT2D eigenvalue weighted by molar-refractivity contribution is 1.10. The predicted octanol–water partition coefficient (Wildman–Crippen LogP) is 8.99. The first-order valence-electron chi connectivity index (χ1n) is 16.0. The third-order valence-corrected chi connectivity index (χ3v) is 7.68. The van der Waals surface area contributed by atoms with Crippen LogP contribution in [0, 0.1) is 0 Å². The Morgan fingerprint density at radius 3 is 0.761 bits per heavy atom. The molecule has 5 rings (SSSR count). The number of hydrogen-bond donors (Lipinski definition) is 0. The summed E-state index contributed by atoms with van der Waals surface area (Å²) in [7, 11) is 0. The molecule has 0 aliphatic rings. The van der Waals surface area contributed by atoms with Crippen LogP contribution in [-0.2, 0) is 25.7 Å². The van der Waals surface area contributed by atoms with Crippen LogP contribution in [0.1, 0.15) is 95.5 Å². The molecule has 6 heteroatoms. The van der Waals surface area contributed by atoms with Gasteiger partial charge in [0.2, 0.25) is 0 Å². The molecule has 0 saturated carbocycles. The fourth-order valence-electron chi connectivity index (χ4n) is 4.61. The van der Waals surface area contributed by atoms with Gasteiger partial charge in [-0.05, 0) is 121 Å². The summed E-state index contributed by atoms with van der Waals surface area (Å²) < 4.78 is 0. The summed E-state index contributed by atoms with van der Waals surface area (Å²) in [5.41, 5.74) is 11.1. The van der Waals surface area contributed by atoms with Crippen LogP contribution in [0.3, 0.4) is 0 Å². The molecule has 0 aromatic carbocycles. The fraction of sp³-hybridized carbons (Fsp3) is 0.200. The van der Waals surface area contributed by atoms with Crippen LogP contribution < -0.4 is 0 Å². The Hall–Kier alpha value is -5.36. The highest BCUT2D eigenvalue weighted by molar-refractivity contribution is 5.80. The third kappa shape index (κ3) is 8.85. The van der Waals surface area contributed by atoms with Gasteiger partial charge in [0.1, 0.15) is 0 Å². The molecule has 0 unspecified atom stereocenters. The summed E-state index contributed by atoms with van der Waals surface area (Å²) in [6.07, 6.45) is 27.2. The van der Waals surface area contributed by atoms with Gasteiger partial charge in [-0.1, -0.05) is 52.0 Å². The van der Waals surface area contributed by atoms with E-state index in [-0.39, 0.29) is 0 Å². The number of aryl methyl sites for hydroxylation is 4. The van der Waals surface area contributed by atoms with Crippen LogP contribution in [0.25, 0.3) is 48.6 Å². The Kier molecular flexibility index (Phi) is 11.2. The molecule has 0 spiro atoms. The minimum absolute atomic E-state index is 0.722. The van der Waals surface area contributed by atoms with Crippen LogP contribution in [-0.4, -0.2) is 29.9 Å². The summed E-state index contributed by atoms with van der Waals surface area (Å²) in [5, 5.41) is 0. The van der Waals surface area contributed by atoms with Gasteiger partial charge in [-0.3, -0.25) is 19.9 Å². The minimum atomic E-state index is 0.722. The highest BCUT2D eigenvalue weighted by Crippen LogP contribution is 2.20. The lowest BCUT2D eigenvalue weighted by atomic mass is 10.1. The quantitative estimate of drug-likeness (QED) is 0.141. The maximum absolute atomic E-state index is 5.11. The fourth-order valence-corrected chi connectivity index (χ4v) is 4.61. The van der Waals surface area contributed by atoms with E-state index < -0.39 is 0 Å². The summed E-state index contributed by atoms with van der Waals surface area (Å²) in [6, 6.07) is 16.5. The third-order valence-electron chi connectivity index (χ3n) is 7.68. The molecular formula is C40H40N6. The van der Waals surface area contributed by atoms with Crippen molar-refractivity contribution < 1.29 is 0 Å². The zero-order chi connectivity index (χ0) is 32.1. The summed E-state index contributed by atoms with van der Waals surface area (Å²) in [4.78, 5) is 28.7. The van der Waals surface area contributed by atoms with Crippen LogP contribution in [0.5, 0.6) is 0 Å². The maximum Gasteiger partial charge on any atom is 0.0895 e. The van der Waals surface area contributed by atoms with E-state index in [1.165, 1.54) is 22.3 Å². The second-order valence-corrected chi connectivity index (χ2v) is 10.9. The van der Waals surface area contributed by atoms with Crippen LogP contribution in [0.4, 0.5) is 0 Å². The largest absolute Gasteiger partial charge is 0.257 e. The molecule has 6 nitrogen and oxygen atoms in total. The van der Waals surface area contributed by atoms with E-state index in [9.17, 15) is 0 Å². The molecule has 0 radical (unpaired) electrons. The Bertz CT molecular complexity index is 1560. The Morgan fingerprint density at radius 1 is 0.348 bits per heavy atom. The Morgan fingerprint density at radius 2 is 0.587 bits per heavy atom. The first-order valence-corrected chi connectivity index (χ1v) is 16.0. The molecule has 0 atom stereocenters. The molecule has 0 N–H and O–H groups in total. The maximum atomic E-state index is 5.11. The average Bonchev–Trinajstić information content (AvgIpc) is 3.12. The number of aromatic nitrogens is 6. The number of rotatable bonds is 12. The molecule has 0 bridgehead atoms. The summed E-state index contributed by atoms with van der Waals surface area (Å²) in [5.74, 6) is 0. The van der Waals surface area contributed by atoms with Gasteiger partial charge >= 0.3 is 0 Å². The average molecular weight is 605 g/mol. The SMILES string of the molecule is CCc1ccc(C=Cc2nc(C=Cc3ccc(CC)cn3)c(C=Cc3ccc(CC)cn3)nc2C=Cc2ccc(CC)cn2)nc1. The standard InChI is InChI=1S/C40H40N6/c1-5-29-9-13-33(41-25-29)17-21-37-38(22-18-34-14-10-30(6-2)26-42-34)46-40(24-20-36-16-12-32(8-4)28-44-36)39(45-37)23-19-35-15-11-31(7-3)27-43-35/h9-28H,5-8H2,1-4H3. The minimum Gasteiger partial charge on any atom is -0.257 e. The first kappa shape index (κ1) is 32.0. The van der Waals surface area contributed by atoms with Crippen molar-refractivity contribution in [3.63, 3.8) is 0 Å². The molecular weight excluding hydrogens is 564 g/mol. The van der Waals surface area contributed by atoms with E-state index >= 15 is 0 Å². The lowest BCUT2D eigenvalue weighted by Gasteiger charge is -2.07. The predicted molar refractivity (Wildman–Crippen MR) is 192 cm³/mol. The van der Waals surface area contributed by atoms with Crippen molar-refractivity contribution in [2.75, 3.05) is 0 Å². The Labute approximate surface area is 272 Å². The summed E-state index contributed by atoms with van der Waals surface area (Å²) >= 11 is 0. The molecule has 0 saturated heterocycles. The van der Waals surface area contributed by atoms with Gasteiger partial charge in [0.15, 0.2) is 0 Å². The first-order chi connectivity index (χ1) is 22.6. The van der Waals surface area contributed by atoms with Crippen LogP contribution in [0.2, 0.25) is 0 Å². The van der Waals surface area contributed by atoms with Gasteiger partial charge in [-0.25, -0.2) is 9.97 Å². The van der Waals surface area contributed by atoms with Crippen molar-refractivity contribution in [3.05, 3.63) is 141 Å². The van der Waals surface area contributed by atoms with Crippen molar-refractivity contribution >= 4 is 48.6 Å². The van der Waals surface area contributed by atoms with E-state index in [4.69, 9.17) is 9.97 Å². The molecule has 0 amide bonds. The molecule has 5 aromatic rings. The van der Waals surface area contributed by atoms with Gasteiger partial charge in [-0.15, -0.1) is 0 Å². The van der Waals surface area contributed by atoms with Crippen molar-refractivity contribution in [2.45, 2.75) is 53.4 Å². The van der Waals surface area contributed by atoms with Crippen molar-refractivity contribution in [2.24, 2.45) is 0 Å². The highest BCUT2D eigenvalue weighted by atomic mass is 14.8. The van der Waals surface area contributed by atoms with Gasteiger partial charge in [0.05, 0.1) is 45.6 Å².